The molecule has 0 radical (unpaired) electrons. The Kier molecular flexibility index (Phi) is 6.24. The van der Waals surface area contributed by atoms with Crippen LogP contribution in [0, 0.1) is 0 Å². The maximum Gasteiger partial charge on any atom is 0.251 e. The number of aromatic nitrogens is 1. The number of sulfonamides is 1. The van der Waals surface area contributed by atoms with Gasteiger partial charge in [0.2, 0.25) is 15.9 Å². The molecule has 0 bridgehead atoms. The van der Waals surface area contributed by atoms with Gasteiger partial charge in [-0.15, -0.1) is 11.3 Å². The number of nitrogens with zero attached hydrogens (tertiary/aromatic N) is 2. The molecule has 1 aliphatic heterocycles. The first-order chi connectivity index (χ1) is 14.8. The van der Waals surface area contributed by atoms with Gasteiger partial charge in [0.25, 0.3) is 5.91 Å². The average Bonchev–Trinajstić information content (AvgIpc) is 3.43. The van der Waals surface area contributed by atoms with Crippen LogP contribution in [0.3, 0.4) is 0 Å². The van der Waals surface area contributed by atoms with Crippen molar-refractivity contribution < 1.29 is 22.4 Å². The number of thiophene rings is 1. The van der Waals surface area contributed by atoms with Crippen molar-refractivity contribution in [3.05, 3.63) is 59.3 Å². The number of amides is 1. The van der Waals surface area contributed by atoms with Crippen LogP contribution in [-0.4, -0.2) is 48.9 Å². The van der Waals surface area contributed by atoms with Crippen LogP contribution in [0.5, 0.6) is 0 Å². The minimum absolute atomic E-state index is 0.155. The quantitative estimate of drug-likeness (QED) is 0.605. The lowest BCUT2D eigenvalue weighted by molar-refractivity contribution is -0.0440. The predicted octanol–water partition coefficient (Wildman–Crippen LogP) is 3.13. The first kappa shape index (κ1) is 21.7. The number of ether oxygens (including phenoxy) is 1. The topological polar surface area (TPSA) is 102 Å². The molecule has 1 aliphatic rings. The fourth-order valence-corrected chi connectivity index (χ4v) is 5.67. The van der Waals surface area contributed by atoms with Crippen LogP contribution in [0.15, 0.2) is 57.4 Å². The van der Waals surface area contributed by atoms with E-state index < -0.39 is 10.0 Å². The third-order valence-corrected chi connectivity index (χ3v) is 7.56. The zero-order valence-electron chi connectivity index (χ0n) is 17.1. The van der Waals surface area contributed by atoms with Gasteiger partial charge in [0.05, 0.1) is 34.2 Å². The summed E-state index contributed by atoms with van der Waals surface area (Å²) in [6.45, 7) is 4.52. The molecule has 0 unspecified atom stereocenters. The highest BCUT2D eigenvalue weighted by Crippen LogP contribution is 2.24. The van der Waals surface area contributed by atoms with Gasteiger partial charge in [-0.25, -0.2) is 13.4 Å². The number of rotatable bonds is 6. The third kappa shape index (κ3) is 4.87. The van der Waals surface area contributed by atoms with Gasteiger partial charge in [0.15, 0.2) is 0 Å². The number of benzene rings is 1. The van der Waals surface area contributed by atoms with Crippen molar-refractivity contribution in [1.82, 2.24) is 14.6 Å². The molecule has 1 amide bonds. The molecule has 2 aromatic heterocycles. The molecule has 31 heavy (non-hydrogen) atoms. The van der Waals surface area contributed by atoms with E-state index in [9.17, 15) is 13.2 Å². The maximum atomic E-state index is 12.9. The van der Waals surface area contributed by atoms with Gasteiger partial charge in [-0.2, -0.15) is 4.31 Å². The molecular formula is C21H23N3O5S2. The molecule has 10 heteroatoms. The lowest BCUT2D eigenvalue weighted by Gasteiger charge is -2.34. The number of nitrogens with one attached hydrogen (secondary N) is 1. The Balaban J connectivity index is 1.39. The lowest BCUT2D eigenvalue weighted by Crippen LogP contribution is -2.48. The lowest BCUT2D eigenvalue weighted by atomic mass is 10.2. The second-order valence-electron chi connectivity index (χ2n) is 7.41. The Morgan fingerprint density at radius 2 is 1.90 bits per heavy atom. The second-order valence-corrected chi connectivity index (χ2v) is 10.3. The van der Waals surface area contributed by atoms with Gasteiger partial charge < -0.3 is 14.5 Å². The molecule has 3 aromatic rings. The second kappa shape index (κ2) is 8.91. The van der Waals surface area contributed by atoms with Gasteiger partial charge in [0, 0.05) is 18.7 Å². The smallest absolute Gasteiger partial charge is 0.251 e. The van der Waals surface area contributed by atoms with Crippen LogP contribution in [0.4, 0.5) is 0 Å². The normalized spacial score (nSPS) is 19.9. The van der Waals surface area contributed by atoms with Gasteiger partial charge in [-0.1, -0.05) is 6.07 Å². The Labute approximate surface area is 184 Å². The first-order valence-electron chi connectivity index (χ1n) is 9.85. The molecule has 1 fully saturated rings. The Hall–Kier alpha value is -2.53. The van der Waals surface area contributed by atoms with E-state index in [1.54, 1.807) is 0 Å². The van der Waals surface area contributed by atoms with E-state index in [2.05, 4.69) is 10.3 Å². The molecule has 0 saturated carbocycles. The average molecular weight is 462 g/mol. The molecule has 3 heterocycles. The van der Waals surface area contributed by atoms with Crippen molar-refractivity contribution in [2.45, 2.75) is 37.5 Å². The summed E-state index contributed by atoms with van der Waals surface area (Å²) in [6.07, 6.45) is 1.18. The largest absolute Gasteiger partial charge is 0.443 e. The fraction of sp³-hybridized carbons (Fsp3) is 0.333. The number of hydrogen-bond acceptors (Lipinski definition) is 7. The first-order valence-corrected chi connectivity index (χ1v) is 12.2. The van der Waals surface area contributed by atoms with Crippen LogP contribution >= 0.6 is 11.3 Å². The SMILES string of the molecule is C[C@@H]1CN(S(=O)(=O)c2ccc(C(=O)NCc3coc(-c4cccs4)n3)cc2)C[C@H](C)O1. The number of carbonyl (C=O) groups is 1. The highest BCUT2D eigenvalue weighted by molar-refractivity contribution is 7.89. The Morgan fingerprint density at radius 1 is 1.19 bits per heavy atom. The molecular weight excluding hydrogens is 438 g/mol. The summed E-state index contributed by atoms with van der Waals surface area (Å²) in [6, 6.07) is 9.76. The van der Waals surface area contributed by atoms with E-state index in [4.69, 9.17) is 9.15 Å². The summed E-state index contributed by atoms with van der Waals surface area (Å²) >= 11 is 1.52. The van der Waals surface area contributed by atoms with Gasteiger partial charge in [-0.3, -0.25) is 4.79 Å². The van der Waals surface area contributed by atoms with Crippen molar-refractivity contribution >= 4 is 27.3 Å². The summed E-state index contributed by atoms with van der Waals surface area (Å²) < 4.78 is 38.3. The van der Waals surface area contributed by atoms with E-state index in [-0.39, 0.29) is 29.6 Å². The van der Waals surface area contributed by atoms with E-state index in [1.807, 2.05) is 31.4 Å². The highest BCUT2D eigenvalue weighted by atomic mass is 32.2. The van der Waals surface area contributed by atoms with E-state index in [0.717, 1.165) is 4.88 Å². The summed E-state index contributed by atoms with van der Waals surface area (Å²) in [5.74, 6) is 0.193. The Bertz CT molecular complexity index is 1130. The van der Waals surface area contributed by atoms with Crippen molar-refractivity contribution in [3.8, 4) is 10.8 Å². The molecule has 164 valence electrons. The van der Waals surface area contributed by atoms with E-state index in [1.165, 1.54) is 46.2 Å². The van der Waals surface area contributed by atoms with Gasteiger partial charge >= 0.3 is 0 Å². The summed E-state index contributed by atoms with van der Waals surface area (Å²) in [5, 5.41) is 4.71. The van der Waals surface area contributed by atoms with Crippen LogP contribution < -0.4 is 5.32 Å². The van der Waals surface area contributed by atoms with Crippen molar-refractivity contribution in [2.24, 2.45) is 0 Å². The number of oxazole rings is 1. The molecule has 1 saturated heterocycles. The fourth-order valence-electron chi connectivity index (χ4n) is 3.43. The van der Waals surface area contributed by atoms with Gasteiger partial charge in [0.1, 0.15) is 6.26 Å². The summed E-state index contributed by atoms with van der Waals surface area (Å²) in [7, 11) is -3.64. The number of morpholine rings is 1. The van der Waals surface area contributed by atoms with Crippen LogP contribution in [-0.2, 0) is 21.3 Å². The molecule has 2 atom stereocenters. The van der Waals surface area contributed by atoms with Gasteiger partial charge in [-0.05, 0) is 49.6 Å². The number of carbonyl (C=O) groups excluding carboxylic acids is 1. The molecule has 1 aromatic carbocycles. The van der Waals surface area contributed by atoms with Crippen LogP contribution in [0.1, 0.15) is 29.9 Å². The molecule has 0 aliphatic carbocycles. The standard InChI is InChI=1S/C21H23N3O5S2/c1-14-11-24(12-15(2)29-14)31(26,27)18-7-5-16(6-8-18)20(25)22-10-17-13-28-21(23-17)19-4-3-9-30-19/h3-9,13-15H,10-12H2,1-2H3,(H,22,25)/t14-,15+. The third-order valence-electron chi connectivity index (χ3n) is 4.85. The molecule has 8 nitrogen and oxygen atoms in total. The van der Waals surface area contributed by atoms with Crippen molar-refractivity contribution in [1.29, 1.82) is 0 Å². The Morgan fingerprint density at radius 3 is 2.55 bits per heavy atom. The highest BCUT2D eigenvalue weighted by Gasteiger charge is 2.32. The maximum absolute atomic E-state index is 12.9. The van der Waals surface area contributed by atoms with E-state index in [0.29, 0.717) is 30.2 Å². The minimum Gasteiger partial charge on any atom is -0.443 e. The summed E-state index contributed by atoms with van der Waals surface area (Å²) in [5.41, 5.74) is 0.969. The summed E-state index contributed by atoms with van der Waals surface area (Å²) in [4.78, 5) is 17.9. The monoisotopic (exact) mass is 461 g/mol. The number of hydrogen-bond donors (Lipinski definition) is 1. The van der Waals surface area contributed by atoms with Crippen molar-refractivity contribution in [2.75, 3.05) is 13.1 Å². The predicted molar refractivity (Wildman–Crippen MR) is 116 cm³/mol. The van der Waals surface area contributed by atoms with Crippen molar-refractivity contribution in [3.63, 3.8) is 0 Å². The van der Waals surface area contributed by atoms with E-state index >= 15 is 0 Å². The molecule has 1 N–H and O–H groups in total. The molecule has 0 spiro atoms. The minimum atomic E-state index is -3.64. The van der Waals surface area contributed by atoms with Crippen LogP contribution in [0.2, 0.25) is 0 Å². The zero-order valence-corrected chi connectivity index (χ0v) is 18.8. The zero-order chi connectivity index (χ0) is 22.0. The molecule has 4 rings (SSSR count). The van der Waals surface area contributed by atoms with Crippen LogP contribution in [0.25, 0.3) is 10.8 Å².